The first kappa shape index (κ1) is 13.4. The molecule has 2 aliphatic carbocycles. The van der Waals surface area contributed by atoms with Crippen molar-refractivity contribution in [1.29, 1.82) is 0 Å². The Morgan fingerprint density at radius 3 is 2.24 bits per heavy atom. The van der Waals surface area contributed by atoms with Gasteiger partial charge in [-0.3, -0.25) is 4.79 Å². The Labute approximate surface area is 125 Å². The van der Waals surface area contributed by atoms with Gasteiger partial charge in [0.2, 0.25) is 5.91 Å². The molecule has 2 unspecified atom stereocenters. The second kappa shape index (κ2) is 4.89. The van der Waals surface area contributed by atoms with Crippen LogP contribution in [0.5, 0.6) is 0 Å². The number of primary amides is 1. The van der Waals surface area contributed by atoms with Crippen LogP contribution in [0.25, 0.3) is 0 Å². The minimum absolute atomic E-state index is 0.171. The van der Waals surface area contributed by atoms with Crippen molar-refractivity contribution < 1.29 is 9.59 Å². The Hall–Kier alpha value is -1.26. The Bertz CT molecular complexity index is 452. The van der Waals surface area contributed by atoms with Crippen molar-refractivity contribution in [3.63, 3.8) is 0 Å². The van der Waals surface area contributed by atoms with Crippen LogP contribution in [0.4, 0.5) is 4.79 Å². The van der Waals surface area contributed by atoms with Gasteiger partial charge in [0.1, 0.15) is 6.04 Å². The van der Waals surface area contributed by atoms with Gasteiger partial charge in [0.05, 0.1) is 0 Å². The predicted octanol–water partition coefficient (Wildman–Crippen LogP) is 1.57. The van der Waals surface area contributed by atoms with Gasteiger partial charge in [-0.25, -0.2) is 4.79 Å². The molecule has 5 rings (SSSR count). The summed E-state index contributed by atoms with van der Waals surface area (Å²) in [7, 11) is 0. The average Bonchev–Trinajstić information content (AvgIpc) is 2.84. The second-order valence-corrected chi connectivity index (χ2v) is 7.61. The Morgan fingerprint density at radius 1 is 0.905 bits per heavy atom. The van der Waals surface area contributed by atoms with E-state index in [-0.39, 0.29) is 11.9 Å². The van der Waals surface area contributed by atoms with E-state index in [2.05, 4.69) is 4.90 Å². The molecule has 3 heterocycles. The van der Waals surface area contributed by atoms with Gasteiger partial charge in [0.15, 0.2) is 0 Å². The predicted molar refractivity (Wildman–Crippen MR) is 78.4 cm³/mol. The highest BCUT2D eigenvalue weighted by molar-refractivity contribution is 5.87. The topological polar surface area (TPSA) is 66.6 Å². The van der Waals surface area contributed by atoms with E-state index in [1.807, 2.05) is 0 Å². The van der Waals surface area contributed by atoms with Gasteiger partial charge >= 0.3 is 6.03 Å². The zero-order valence-electron chi connectivity index (χ0n) is 12.5. The number of amides is 3. The van der Waals surface area contributed by atoms with Crippen LogP contribution in [0.2, 0.25) is 0 Å². The van der Waals surface area contributed by atoms with Crippen LogP contribution < -0.4 is 5.73 Å². The fourth-order valence-electron chi connectivity index (χ4n) is 5.53. The maximum Gasteiger partial charge on any atom is 0.315 e. The Balaban J connectivity index is 1.55. The lowest BCUT2D eigenvalue weighted by molar-refractivity contribution is -0.138. The van der Waals surface area contributed by atoms with Crippen LogP contribution in [0, 0.1) is 17.8 Å². The first-order valence-electron chi connectivity index (χ1n) is 8.48. The van der Waals surface area contributed by atoms with Gasteiger partial charge in [-0.15, -0.1) is 0 Å². The van der Waals surface area contributed by atoms with E-state index >= 15 is 0 Å². The molecule has 0 spiro atoms. The van der Waals surface area contributed by atoms with Crippen molar-refractivity contribution in [3.8, 4) is 0 Å². The summed E-state index contributed by atoms with van der Waals surface area (Å²) in [6.07, 6.45) is 8.03. The lowest BCUT2D eigenvalue weighted by Gasteiger charge is -2.39. The number of likely N-dealkylation sites (tertiary alicyclic amines) is 1. The summed E-state index contributed by atoms with van der Waals surface area (Å²) in [5, 5.41) is 0. The van der Waals surface area contributed by atoms with Crippen molar-refractivity contribution in [2.45, 2.75) is 57.0 Å². The van der Waals surface area contributed by atoms with Gasteiger partial charge in [-0.1, -0.05) is 0 Å². The number of nitrogens with zero attached hydrogens (tertiary/aromatic N) is 2. The molecule has 4 bridgehead atoms. The molecule has 0 aromatic rings. The lowest BCUT2D eigenvalue weighted by Crippen LogP contribution is -2.52. The molecular formula is C16H25N3O2. The molecular weight excluding hydrogens is 266 g/mol. The number of hydrogen-bond donors (Lipinski definition) is 1. The molecule has 5 nitrogen and oxygen atoms in total. The van der Waals surface area contributed by atoms with Crippen molar-refractivity contribution in [2.24, 2.45) is 23.5 Å². The second-order valence-electron chi connectivity index (χ2n) is 7.61. The van der Waals surface area contributed by atoms with Crippen LogP contribution in [0.3, 0.4) is 0 Å². The van der Waals surface area contributed by atoms with Crippen LogP contribution in [0.15, 0.2) is 0 Å². The highest BCUT2D eigenvalue weighted by Gasteiger charge is 2.46. The van der Waals surface area contributed by atoms with E-state index in [0.717, 1.165) is 31.2 Å². The average molecular weight is 291 g/mol. The standard InChI is InChI=1S/C16H25N3O2/c17-16(21)18-3-1-2-14(18)15(20)19-9-12-5-10-4-11(6-12)8-13(19)7-10/h10-14H,1-9H2,(H2,17,21)/t10?,11?,12?,13?,14-/m0/s1. The summed E-state index contributed by atoms with van der Waals surface area (Å²) >= 11 is 0. The molecule has 3 amide bonds. The van der Waals surface area contributed by atoms with Crippen LogP contribution in [0.1, 0.15) is 44.9 Å². The minimum atomic E-state index is -0.438. The Morgan fingerprint density at radius 2 is 1.57 bits per heavy atom. The highest BCUT2D eigenvalue weighted by atomic mass is 16.2. The van der Waals surface area contributed by atoms with Crippen LogP contribution in [-0.4, -0.2) is 46.9 Å². The van der Waals surface area contributed by atoms with Crippen molar-refractivity contribution in [2.75, 3.05) is 13.1 Å². The first-order valence-corrected chi connectivity index (χ1v) is 8.48. The summed E-state index contributed by atoms with van der Waals surface area (Å²) in [5.74, 6) is 2.53. The Kier molecular flexibility index (Phi) is 3.12. The molecule has 5 fully saturated rings. The monoisotopic (exact) mass is 291 g/mol. The fourth-order valence-corrected chi connectivity index (χ4v) is 5.53. The van der Waals surface area contributed by atoms with E-state index in [9.17, 15) is 9.59 Å². The maximum absolute atomic E-state index is 13.0. The number of hydrogen-bond acceptors (Lipinski definition) is 2. The third-order valence-electron chi connectivity index (χ3n) is 6.21. The molecule has 5 aliphatic rings. The quantitative estimate of drug-likeness (QED) is 0.797. The molecule has 0 radical (unpaired) electrons. The van der Waals surface area contributed by atoms with E-state index in [0.29, 0.717) is 18.5 Å². The van der Waals surface area contributed by atoms with Crippen LogP contribution in [-0.2, 0) is 4.79 Å². The molecule has 3 atom stereocenters. The third kappa shape index (κ3) is 2.21. The summed E-state index contributed by atoms with van der Waals surface area (Å²) < 4.78 is 0. The van der Waals surface area contributed by atoms with Gasteiger partial charge in [-0.2, -0.15) is 0 Å². The molecule has 2 saturated carbocycles. The first-order chi connectivity index (χ1) is 10.1. The van der Waals surface area contributed by atoms with Crippen LogP contribution >= 0.6 is 0 Å². The molecule has 0 aromatic heterocycles. The number of nitrogens with two attached hydrogens (primary N) is 1. The molecule has 116 valence electrons. The van der Waals surface area contributed by atoms with E-state index < -0.39 is 6.03 Å². The van der Waals surface area contributed by atoms with E-state index in [4.69, 9.17) is 5.73 Å². The molecule has 3 saturated heterocycles. The molecule has 2 N–H and O–H groups in total. The fraction of sp³-hybridized carbons (Fsp3) is 0.875. The molecule has 0 aromatic carbocycles. The third-order valence-corrected chi connectivity index (χ3v) is 6.21. The number of carbonyl (C=O) groups excluding carboxylic acids is 2. The van der Waals surface area contributed by atoms with E-state index in [1.165, 1.54) is 32.1 Å². The molecule has 3 aliphatic heterocycles. The maximum atomic E-state index is 13.0. The number of carbonyl (C=O) groups is 2. The SMILES string of the molecule is NC(=O)N1CCC[C@H]1C(=O)N1CC2CC3CC(C2)CC1C3. The van der Waals surface area contributed by atoms with E-state index in [1.54, 1.807) is 4.90 Å². The minimum Gasteiger partial charge on any atom is -0.351 e. The number of fused-ring (bicyclic) bond motifs is 1. The molecule has 21 heavy (non-hydrogen) atoms. The normalized spacial score (nSPS) is 41.4. The zero-order chi connectivity index (χ0) is 14.6. The number of urea groups is 1. The van der Waals surface area contributed by atoms with Crippen molar-refractivity contribution in [3.05, 3.63) is 0 Å². The summed E-state index contributed by atoms with van der Waals surface area (Å²) in [6.45, 7) is 1.55. The van der Waals surface area contributed by atoms with Gasteiger partial charge in [0.25, 0.3) is 0 Å². The molecule has 5 heteroatoms. The largest absolute Gasteiger partial charge is 0.351 e. The summed E-state index contributed by atoms with van der Waals surface area (Å²) in [5.41, 5.74) is 5.44. The van der Waals surface area contributed by atoms with Crippen molar-refractivity contribution >= 4 is 11.9 Å². The summed E-state index contributed by atoms with van der Waals surface area (Å²) in [6, 6.07) is -0.311. The summed E-state index contributed by atoms with van der Waals surface area (Å²) in [4.78, 5) is 28.3. The van der Waals surface area contributed by atoms with Gasteiger partial charge in [0, 0.05) is 19.1 Å². The van der Waals surface area contributed by atoms with Crippen molar-refractivity contribution in [1.82, 2.24) is 9.80 Å². The number of rotatable bonds is 1. The lowest BCUT2D eigenvalue weighted by atomic mass is 9.68. The van der Waals surface area contributed by atoms with Gasteiger partial charge in [-0.05, 0) is 62.7 Å². The smallest absolute Gasteiger partial charge is 0.315 e. The zero-order valence-corrected chi connectivity index (χ0v) is 12.5. The van der Waals surface area contributed by atoms with Gasteiger partial charge < -0.3 is 15.5 Å². The highest BCUT2D eigenvalue weighted by Crippen LogP contribution is 2.47.